The molecule has 3 aliphatic rings. The Labute approximate surface area is 249 Å². The molecule has 236 valence electrons. The van der Waals surface area contributed by atoms with Gasteiger partial charge < -0.3 is 20.3 Å². The van der Waals surface area contributed by atoms with Gasteiger partial charge in [0, 0.05) is 5.41 Å². The number of carbonyl (C=O) groups excluding carboxylic acids is 2. The van der Waals surface area contributed by atoms with Gasteiger partial charge in [0.05, 0.1) is 17.9 Å². The van der Waals surface area contributed by atoms with Crippen LogP contribution in [0.4, 0.5) is 0 Å². The number of methoxy groups -OCH3 is 1. The highest BCUT2D eigenvalue weighted by Gasteiger charge is 2.72. The van der Waals surface area contributed by atoms with Crippen LogP contribution in [0.15, 0.2) is 0 Å². The van der Waals surface area contributed by atoms with E-state index in [2.05, 4.69) is 27.7 Å². The average molecular weight is 578 g/mol. The van der Waals surface area contributed by atoms with E-state index in [4.69, 9.17) is 15.2 Å². The molecule has 0 radical (unpaired) electrons. The van der Waals surface area contributed by atoms with Gasteiger partial charge in [0.2, 0.25) is 0 Å². The first kappa shape index (κ1) is 33.9. The maximum Gasteiger partial charge on any atom is 0.321 e. The normalized spacial score (nSPS) is 30.4. The van der Waals surface area contributed by atoms with Gasteiger partial charge in [-0.1, -0.05) is 75.7 Å². The van der Waals surface area contributed by atoms with Crippen molar-refractivity contribution in [2.24, 2.45) is 67.8 Å². The van der Waals surface area contributed by atoms with Crippen LogP contribution in [0.2, 0.25) is 0 Å². The maximum absolute atomic E-state index is 14.8. The van der Waals surface area contributed by atoms with Crippen molar-refractivity contribution in [1.82, 2.24) is 0 Å². The highest BCUT2D eigenvalue weighted by molar-refractivity contribution is 5.83. The smallest absolute Gasteiger partial charge is 0.321 e. The lowest BCUT2D eigenvalue weighted by molar-refractivity contribution is -0.228. The van der Waals surface area contributed by atoms with Crippen molar-refractivity contribution in [3.05, 3.63) is 0 Å². The molecule has 0 heterocycles. The van der Waals surface area contributed by atoms with Crippen molar-refractivity contribution in [3.8, 4) is 0 Å². The monoisotopic (exact) mass is 577 g/mol. The van der Waals surface area contributed by atoms with Gasteiger partial charge >= 0.3 is 17.9 Å². The minimum atomic E-state index is -1.39. The summed E-state index contributed by atoms with van der Waals surface area (Å²) in [5.74, 6) is 0.499. The minimum Gasteiger partial charge on any atom is -0.480 e. The first-order valence-corrected chi connectivity index (χ1v) is 15.8. The lowest BCUT2D eigenvalue weighted by Crippen LogP contribution is -2.69. The lowest BCUT2D eigenvalue weighted by Gasteiger charge is -2.65. The fraction of sp³-hybridized carbons (Fsp3) is 0.912. The Balaban J connectivity index is 2.18. The molecule has 3 saturated carbocycles. The third-order valence-corrected chi connectivity index (χ3v) is 14.8. The number of carbonyl (C=O) groups is 3. The number of hydrogen-bond acceptors (Lipinski definition) is 6. The van der Waals surface area contributed by atoms with Crippen LogP contribution in [0, 0.1) is 62.1 Å². The summed E-state index contributed by atoms with van der Waals surface area (Å²) in [7, 11) is 1.41. The first-order chi connectivity index (χ1) is 18.5. The SMILES string of the molecule is COC(=O)C(C)(C(C)(C)C(C)C)C(C)(C)C(C)(C)C(C)(C(=O)OC1CC2CC1C1CCCC21)C(C)(C)C(N)C(=O)O. The predicted octanol–water partition coefficient (Wildman–Crippen LogP) is 6.71. The van der Waals surface area contributed by atoms with Crippen molar-refractivity contribution < 1.29 is 29.0 Å². The molecule has 3 fully saturated rings. The lowest BCUT2D eigenvalue weighted by atomic mass is 9.37. The molecule has 7 heteroatoms. The Morgan fingerprint density at radius 1 is 0.756 bits per heavy atom. The Kier molecular flexibility index (Phi) is 8.69. The number of fused-ring (bicyclic) bond motifs is 5. The summed E-state index contributed by atoms with van der Waals surface area (Å²) in [6.45, 7) is 23.6. The second kappa shape index (κ2) is 10.5. The molecule has 0 spiro atoms. The average Bonchev–Trinajstić information content (AvgIpc) is 3.60. The third kappa shape index (κ3) is 4.40. The van der Waals surface area contributed by atoms with E-state index < -0.39 is 50.5 Å². The van der Waals surface area contributed by atoms with Crippen LogP contribution >= 0.6 is 0 Å². The molecule has 0 aromatic rings. The van der Waals surface area contributed by atoms with Crippen LogP contribution in [0.3, 0.4) is 0 Å². The molecule has 3 N–H and O–H groups in total. The van der Waals surface area contributed by atoms with Gasteiger partial charge in [0.25, 0.3) is 0 Å². The number of ether oxygens (including phenoxy) is 2. The van der Waals surface area contributed by atoms with Crippen LogP contribution in [-0.4, -0.2) is 42.3 Å². The number of nitrogens with two attached hydrogens (primary N) is 1. The molecule has 0 aliphatic heterocycles. The van der Waals surface area contributed by atoms with Gasteiger partial charge in [-0.2, -0.15) is 0 Å². The van der Waals surface area contributed by atoms with Gasteiger partial charge in [-0.05, 0) is 85.4 Å². The predicted molar refractivity (Wildman–Crippen MR) is 161 cm³/mol. The van der Waals surface area contributed by atoms with E-state index in [9.17, 15) is 19.5 Å². The molecule has 8 atom stereocenters. The van der Waals surface area contributed by atoms with E-state index in [0.29, 0.717) is 17.8 Å². The molecule has 3 aliphatic carbocycles. The van der Waals surface area contributed by atoms with Gasteiger partial charge in [-0.25, -0.2) is 0 Å². The molecular weight excluding hydrogens is 518 g/mol. The molecular formula is C34H59NO6. The van der Waals surface area contributed by atoms with Crippen molar-refractivity contribution in [3.63, 3.8) is 0 Å². The summed E-state index contributed by atoms with van der Waals surface area (Å²) in [5, 5.41) is 10.1. The van der Waals surface area contributed by atoms with Gasteiger partial charge in [0.15, 0.2) is 0 Å². The highest BCUT2D eigenvalue weighted by atomic mass is 16.5. The minimum absolute atomic E-state index is 0.0996. The molecule has 0 saturated heterocycles. The van der Waals surface area contributed by atoms with E-state index in [1.165, 1.54) is 26.4 Å². The summed E-state index contributed by atoms with van der Waals surface area (Å²) in [6, 6.07) is -1.34. The van der Waals surface area contributed by atoms with Crippen LogP contribution in [-0.2, 0) is 23.9 Å². The van der Waals surface area contributed by atoms with E-state index in [1.807, 2.05) is 41.5 Å². The van der Waals surface area contributed by atoms with Gasteiger partial charge in [-0.15, -0.1) is 0 Å². The molecule has 41 heavy (non-hydrogen) atoms. The quantitative estimate of drug-likeness (QED) is 0.262. The number of esters is 2. The maximum atomic E-state index is 14.8. The van der Waals surface area contributed by atoms with Crippen LogP contribution in [0.25, 0.3) is 0 Å². The number of hydrogen-bond donors (Lipinski definition) is 2. The summed E-state index contributed by atoms with van der Waals surface area (Å²) in [4.78, 5) is 41.1. The number of aliphatic carboxylic acids is 1. The largest absolute Gasteiger partial charge is 0.480 e. The number of carboxylic acids is 1. The summed E-state index contributed by atoms with van der Waals surface area (Å²) >= 11 is 0. The summed E-state index contributed by atoms with van der Waals surface area (Å²) < 4.78 is 12.0. The molecule has 0 amide bonds. The van der Waals surface area contributed by atoms with Crippen LogP contribution in [0.1, 0.15) is 115 Å². The zero-order chi connectivity index (χ0) is 31.7. The molecule has 3 rings (SSSR count). The van der Waals surface area contributed by atoms with E-state index in [1.54, 1.807) is 13.8 Å². The van der Waals surface area contributed by atoms with Crippen molar-refractivity contribution in [2.45, 2.75) is 127 Å². The fourth-order valence-corrected chi connectivity index (χ4v) is 9.69. The molecule has 0 aromatic heterocycles. The number of carboxylic acid groups (broad SMARTS) is 1. The Hall–Kier alpha value is -1.63. The van der Waals surface area contributed by atoms with E-state index in [0.717, 1.165) is 18.8 Å². The fourth-order valence-electron chi connectivity index (χ4n) is 9.69. The third-order valence-electron chi connectivity index (χ3n) is 14.8. The summed E-state index contributed by atoms with van der Waals surface area (Å²) in [5.41, 5.74) is 0.305. The highest BCUT2D eigenvalue weighted by Crippen LogP contribution is 2.70. The second-order valence-corrected chi connectivity index (χ2v) is 16.5. The topological polar surface area (TPSA) is 116 Å². The Bertz CT molecular complexity index is 1040. The Morgan fingerprint density at radius 2 is 1.24 bits per heavy atom. The van der Waals surface area contributed by atoms with E-state index in [-0.39, 0.29) is 18.0 Å². The molecule has 2 bridgehead atoms. The van der Waals surface area contributed by atoms with Crippen LogP contribution in [0.5, 0.6) is 0 Å². The van der Waals surface area contributed by atoms with Crippen molar-refractivity contribution in [2.75, 3.05) is 7.11 Å². The Morgan fingerprint density at radius 3 is 1.71 bits per heavy atom. The number of rotatable bonds is 11. The second-order valence-electron chi connectivity index (χ2n) is 16.5. The van der Waals surface area contributed by atoms with Gasteiger partial charge in [-0.3, -0.25) is 14.4 Å². The standard InChI is InChI=1S/C34H59NO6/c1-19(2)29(3,4)33(11,27(38)40-13)31(7,8)32(9,10)34(12,30(5,6)25(35)26(36)37)28(39)41-24-18-20-17-23(24)22-16-14-15-21(20)22/h19-25H,14-18,35H2,1-13H3,(H,36,37). The first-order valence-electron chi connectivity index (χ1n) is 15.8. The van der Waals surface area contributed by atoms with Crippen molar-refractivity contribution in [1.29, 1.82) is 0 Å². The summed E-state index contributed by atoms with van der Waals surface area (Å²) in [6.07, 6.45) is 5.56. The van der Waals surface area contributed by atoms with Crippen LogP contribution < -0.4 is 5.73 Å². The van der Waals surface area contributed by atoms with Crippen molar-refractivity contribution >= 4 is 17.9 Å². The zero-order valence-electron chi connectivity index (χ0n) is 28.1. The molecule has 0 aromatic carbocycles. The molecule has 8 unspecified atom stereocenters. The van der Waals surface area contributed by atoms with Gasteiger partial charge in [0.1, 0.15) is 12.1 Å². The van der Waals surface area contributed by atoms with E-state index >= 15 is 0 Å². The zero-order valence-corrected chi connectivity index (χ0v) is 28.1. The molecule has 7 nitrogen and oxygen atoms in total.